The van der Waals surface area contributed by atoms with E-state index in [0.717, 1.165) is 17.5 Å². The highest BCUT2D eigenvalue weighted by Crippen LogP contribution is 2.30. The van der Waals surface area contributed by atoms with Gasteiger partial charge in [-0.1, -0.05) is 36.8 Å². The Hall–Kier alpha value is -4.40. The quantitative estimate of drug-likeness (QED) is 0.176. The van der Waals surface area contributed by atoms with Gasteiger partial charge in [-0.25, -0.2) is 16.8 Å². The van der Waals surface area contributed by atoms with Crippen LogP contribution in [0.4, 0.5) is 0 Å². The Kier molecular flexibility index (Phi) is 7.97. The third-order valence-corrected chi connectivity index (χ3v) is 10.1. The summed E-state index contributed by atoms with van der Waals surface area (Å²) in [6.07, 6.45) is 0.841. The average molecular weight is 585 g/mol. The topological polar surface area (TPSA) is 86.7 Å². The van der Waals surface area contributed by atoms with Gasteiger partial charge in [-0.05, 0) is 116 Å². The lowest BCUT2D eigenvalue weighted by atomic mass is 10.2. The highest BCUT2D eigenvalue weighted by Gasteiger charge is 2.18. The van der Waals surface area contributed by atoms with Crippen molar-refractivity contribution in [1.82, 2.24) is 0 Å². The standard InChI is InChI=1S/C33H28O6S2/c1-3-25-6-18-31(19-7-25)41(36,37)33-22-14-29(15-23-33)39-27-10-8-26(9-11-27)38-28-12-20-32(21-13-28)40(34,35)30-16-4-24(2)5-17-30/h4-23H,3H2,1-2H3. The van der Waals surface area contributed by atoms with Crippen molar-refractivity contribution in [3.8, 4) is 23.0 Å². The summed E-state index contributed by atoms with van der Waals surface area (Å²) in [6, 6.07) is 33.1. The van der Waals surface area contributed by atoms with Gasteiger partial charge in [0.05, 0.1) is 19.6 Å². The first-order chi connectivity index (χ1) is 19.6. The van der Waals surface area contributed by atoms with Gasteiger partial charge in [0.2, 0.25) is 19.7 Å². The van der Waals surface area contributed by atoms with Crippen molar-refractivity contribution < 1.29 is 26.3 Å². The molecule has 0 unspecified atom stereocenters. The van der Waals surface area contributed by atoms with Gasteiger partial charge in [0, 0.05) is 0 Å². The molecule has 0 saturated carbocycles. The van der Waals surface area contributed by atoms with Gasteiger partial charge in [0.15, 0.2) is 0 Å². The van der Waals surface area contributed by atoms with E-state index < -0.39 is 19.7 Å². The summed E-state index contributed by atoms with van der Waals surface area (Å²) in [4.78, 5) is 0.869. The highest BCUT2D eigenvalue weighted by atomic mass is 32.2. The van der Waals surface area contributed by atoms with Crippen LogP contribution in [0.2, 0.25) is 0 Å². The minimum Gasteiger partial charge on any atom is -0.457 e. The molecule has 0 heterocycles. The smallest absolute Gasteiger partial charge is 0.206 e. The van der Waals surface area contributed by atoms with Crippen LogP contribution in [0.3, 0.4) is 0 Å². The molecule has 0 aliphatic rings. The van der Waals surface area contributed by atoms with Gasteiger partial charge in [-0.15, -0.1) is 0 Å². The van der Waals surface area contributed by atoms with Crippen molar-refractivity contribution >= 4 is 19.7 Å². The largest absolute Gasteiger partial charge is 0.457 e. The molecule has 6 nitrogen and oxygen atoms in total. The molecule has 0 radical (unpaired) electrons. The molecule has 0 N–H and O–H groups in total. The van der Waals surface area contributed by atoms with Crippen LogP contribution in [0, 0.1) is 6.92 Å². The number of sulfone groups is 2. The molecule has 208 valence electrons. The van der Waals surface area contributed by atoms with Crippen molar-refractivity contribution in [2.75, 3.05) is 0 Å². The fraction of sp³-hybridized carbons (Fsp3) is 0.0909. The lowest BCUT2D eigenvalue weighted by Gasteiger charge is -2.10. The summed E-state index contributed by atoms with van der Waals surface area (Å²) in [5, 5.41) is 0. The van der Waals surface area contributed by atoms with Crippen molar-refractivity contribution in [3.05, 3.63) is 132 Å². The number of hydrogen-bond donors (Lipinski definition) is 0. The maximum absolute atomic E-state index is 12.9. The lowest BCUT2D eigenvalue weighted by Crippen LogP contribution is -2.02. The fourth-order valence-corrected chi connectivity index (χ4v) is 6.64. The Morgan fingerprint density at radius 1 is 0.439 bits per heavy atom. The molecule has 5 rings (SSSR count). The van der Waals surface area contributed by atoms with Gasteiger partial charge < -0.3 is 9.47 Å². The molecule has 0 bridgehead atoms. The number of ether oxygens (including phenoxy) is 2. The van der Waals surface area contributed by atoms with E-state index in [-0.39, 0.29) is 19.6 Å². The Bertz CT molecular complexity index is 1840. The Morgan fingerprint density at radius 3 is 1.02 bits per heavy atom. The van der Waals surface area contributed by atoms with Crippen LogP contribution < -0.4 is 9.47 Å². The number of rotatable bonds is 9. The predicted molar refractivity (Wildman–Crippen MR) is 157 cm³/mol. The average Bonchev–Trinajstić information content (AvgIpc) is 2.99. The first-order valence-electron chi connectivity index (χ1n) is 13.0. The SMILES string of the molecule is CCc1ccc(S(=O)(=O)c2ccc(Oc3ccc(Oc4ccc(S(=O)(=O)c5ccc(C)cc5)cc4)cc3)cc2)cc1. The number of hydrogen-bond acceptors (Lipinski definition) is 6. The van der Waals surface area contributed by atoms with E-state index in [1.807, 2.05) is 26.0 Å². The molecule has 8 heteroatoms. The molecule has 0 fully saturated rings. The predicted octanol–water partition coefficient (Wildman–Crippen LogP) is 7.81. The molecule has 0 aromatic heterocycles. The third kappa shape index (κ3) is 6.34. The molecule has 0 aliphatic heterocycles. The first kappa shape index (κ1) is 28.1. The zero-order valence-corrected chi connectivity index (χ0v) is 24.2. The Balaban J connectivity index is 1.22. The van der Waals surface area contributed by atoms with Gasteiger partial charge in [-0.3, -0.25) is 0 Å². The summed E-state index contributed by atoms with van der Waals surface area (Å²) >= 11 is 0. The summed E-state index contributed by atoms with van der Waals surface area (Å²) in [5.74, 6) is 2.07. The molecular weight excluding hydrogens is 556 g/mol. The van der Waals surface area contributed by atoms with Crippen molar-refractivity contribution in [1.29, 1.82) is 0 Å². The zero-order chi connectivity index (χ0) is 29.0. The van der Waals surface area contributed by atoms with Crippen LogP contribution in [0.1, 0.15) is 18.1 Å². The monoisotopic (exact) mass is 584 g/mol. The van der Waals surface area contributed by atoms with E-state index in [1.165, 1.54) is 24.3 Å². The summed E-state index contributed by atoms with van der Waals surface area (Å²) in [7, 11) is -7.24. The maximum Gasteiger partial charge on any atom is 0.206 e. The van der Waals surface area contributed by atoms with Gasteiger partial charge in [0.1, 0.15) is 23.0 Å². The normalized spacial score (nSPS) is 11.7. The van der Waals surface area contributed by atoms with E-state index in [0.29, 0.717) is 23.0 Å². The summed E-state index contributed by atoms with van der Waals surface area (Å²) in [5.41, 5.74) is 2.06. The second-order valence-electron chi connectivity index (χ2n) is 9.44. The van der Waals surface area contributed by atoms with Gasteiger partial charge in [0.25, 0.3) is 0 Å². The number of benzene rings is 5. The van der Waals surface area contributed by atoms with Crippen LogP contribution in [-0.2, 0) is 26.1 Å². The molecule has 0 amide bonds. The second-order valence-corrected chi connectivity index (χ2v) is 13.3. The molecule has 0 spiro atoms. The van der Waals surface area contributed by atoms with Crippen LogP contribution in [0.15, 0.2) is 141 Å². The van der Waals surface area contributed by atoms with Crippen LogP contribution in [0.5, 0.6) is 23.0 Å². The van der Waals surface area contributed by atoms with E-state index in [4.69, 9.17) is 9.47 Å². The molecule has 5 aromatic rings. The first-order valence-corrected chi connectivity index (χ1v) is 15.9. The number of aryl methyl sites for hydroxylation is 2. The van der Waals surface area contributed by atoms with Crippen LogP contribution in [-0.4, -0.2) is 16.8 Å². The van der Waals surface area contributed by atoms with E-state index in [1.54, 1.807) is 84.9 Å². The molecule has 0 aliphatic carbocycles. The van der Waals surface area contributed by atoms with Crippen molar-refractivity contribution in [2.45, 2.75) is 39.9 Å². The van der Waals surface area contributed by atoms with Crippen LogP contribution >= 0.6 is 0 Å². The van der Waals surface area contributed by atoms with Crippen molar-refractivity contribution in [3.63, 3.8) is 0 Å². The zero-order valence-electron chi connectivity index (χ0n) is 22.5. The van der Waals surface area contributed by atoms with Crippen LogP contribution in [0.25, 0.3) is 0 Å². The van der Waals surface area contributed by atoms with E-state index in [2.05, 4.69) is 0 Å². The Morgan fingerprint density at radius 2 is 0.707 bits per heavy atom. The molecule has 0 saturated heterocycles. The highest BCUT2D eigenvalue weighted by molar-refractivity contribution is 7.91. The fourth-order valence-electron chi connectivity index (χ4n) is 4.12. The van der Waals surface area contributed by atoms with Gasteiger partial charge in [-0.2, -0.15) is 0 Å². The second kappa shape index (κ2) is 11.6. The third-order valence-electron chi connectivity index (χ3n) is 6.54. The summed E-state index contributed by atoms with van der Waals surface area (Å²) < 4.78 is 63.4. The maximum atomic E-state index is 12.9. The molecular formula is C33H28O6S2. The Labute approximate surface area is 240 Å². The minimum atomic E-state index is -3.62. The lowest BCUT2D eigenvalue weighted by molar-refractivity contribution is 0.469. The molecule has 5 aromatic carbocycles. The van der Waals surface area contributed by atoms with E-state index in [9.17, 15) is 16.8 Å². The van der Waals surface area contributed by atoms with Crippen molar-refractivity contribution in [2.24, 2.45) is 0 Å². The molecule has 0 atom stereocenters. The minimum absolute atomic E-state index is 0.186. The summed E-state index contributed by atoms with van der Waals surface area (Å²) in [6.45, 7) is 3.92. The molecule has 41 heavy (non-hydrogen) atoms. The van der Waals surface area contributed by atoms with Gasteiger partial charge >= 0.3 is 0 Å². The van der Waals surface area contributed by atoms with E-state index >= 15 is 0 Å².